The summed E-state index contributed by atoms with van der Waals surface area (Å²) in [7, 11) is 0. The van der Waals surface area contributed by atoms with Crippen LogP contribution in [0.5, 0.6) is 0 Å². The highest BCUT2D eigenvalue weighted by Crippen LogP contribution is 2.23. The van der Waals surface area contributed by atoms with Gasteiger partial charge in [0, 0.05) is 31.7 Å². The van der Waals surface area contributed by atoms with Crippen LogP contribution in [0.4, 0.5) is 10.5 Å². The Hall–Kier alpha value is -5.95. The maximum Gasteiger partial charge on any atom is 0.408 e. The molecule has 4 atom stereocenters. The van der Waals surface area contributed by atoms with E-state index in [0.29, 0.717) is 19.5 Å². The first-order valence-corrected chi connectivity index (χ1v) is 19.1. The first-order chi connectivity index (χ1) is 26.8. The lowest BCUT2D eigenvalue weighted by molar-refractivity contribution is -0.134. The third kappa shape index (κ3) is 13.6. The topological polar surface area (TPSA) is 310 Å². The van der Waals surface area contributed by atoms with Crippen LogP contribution in [0.2, 0.25) is 0 Å². The van der Waals surface area contributed by atoms with Crippen LogP contribution in [0.15, 0.2) is 32.8 Å². The molecular weight excluding hydrogens is 742 g/mol. The van der Waals surface area contributed by atoms with Crippen molar-refractivity contribution in [2.75, 3.05) is 31.1 Å². The predicted molar refractivity (Wildman–Crippen MR) is 213 cm³/mol. The van der Waals surface area contributed by atoms with Gasteiger partial charge in [-0.3, -0.25) is 53.7 Å². The molecule has 1 aromatic carbocycles. The molecule has 1 fully saturated rings. The molecule has 0 radical (unpaired) electrons. The van der Waals surface area contributed by atoms with Gasteiger partial charge in [0.1, 0.15) is 23.7 Å². The Kier molecular flexibility index (Phi) is 16.6. The van der Waals surface area contributed by atoms with Crippen LogP contribution in [-0.2, 0) is 28.7 Å². The lowest BCUT2D eigenvalue weighted by Gasteiger charge is -2.31. The summed E-state index contributed by atoms with van der Waals surface area (Å²) in [5, 5.41) is 12.1. The number of piperidine rings is 1. The van der Waals surface area contributed by atoms with Crippen molar-refractivity contribution in [3.05, 3.63) is 38.9 Å². The van der Waals surface area contributed by atoms with E-state index >= 15 is 0 Å². The number of aromatic nitrogens is 2. The van der Waals surface area contributed by atoms with E-state index in [2.05, 4.69) is 31.1 Å². The van der Waals surface area contributed by atoms with Crippen LogP contribution in [0.1, 0.15) is 86.0 Å². The summed E-state index contributed by atoms with van der Waals surface area (Å²) in [6, 6.07) is 0.126. The molecule has 1 aliphatic rings. The molecule has 0 spiro atoms. The average molecular weight is 800 g/mol. The van der Waals surface area contributed by atoms with Crippen LogP contribution >= 0.6 is 0 Å². The highest BCUT2D eigenvalue weighted by molar-refractivity contribution is 6.04. The van der Waals surface area contributed by atoms with E-state index in [4.69, 9.17) is 21.9 Å². The molecule has 6 amide bonds. The van der Waals surface area contributed by atoms with E-state index < -0.39 is 77.0 Å². The van der Waals surface area contributed by atoms with Crippen molar-refractivity contribution in [3.8, 4) is 0 Å². The Balaban J connectivity index is 1.93. The maximum absolute atomic E-state index is 14.1. The fourth-order valence-electron chi connectivity index (χ4n) is 6.31. The number of nitrogens with zero attached hydrogens (tertiary/aromatic N) is 3. The zero-order valence-electron chi connectivity index (χ0n) is 33.3. The number of carbonyl (C=O) groups is 6. The number of ether oxygens (including phenoxy) is 1. The lowest BCUT2D eigenvalue weighted by atomic mass is 9.97. The molecule has 2 heterocycles. The van der Waals surface area contributed by atoms with Gasteiger partial charge in [-0.2, -0.15) is 0 Å². The van der Waals surface area contributed by atoms with E-state index in [9.17, 15) is 38.4 Å². The Labute approximate surface area is 330 Å². The largest absolute Gasteiger partial charge is 0.444 e. The van der Waals surface area contributed by atoms with Gasteiger partial charge in [0.25, 0.3) is 11.1 Å². The van der Waals surface area contributed by atoms with Gasteiger partial charge in [-0.25, -0.2) is 4.79 Å². The summed E-state index contributed by atoms with van der Waals surface area (Å²) in [5.41, 5.74) is 14.5. The van der Waals surface area contributed by atoms with Gasteiger partial charge in [0.05, 0.1) is 17.3 Å². The number of aliphatic imine (C=N–C) groups is 1. The number of hydrogen-bond acceptors (Lipinski definition) is 10. The first kappa shape index (κ1) is 45.4. The zero-order chi connectivity index (χ0) is 42.4. The number of alkyl carbamates (subject to hydrolysis) is 1. The van der Waals surface area contributed by atoms with Gasteiger partial charge >= 0.3 is 6.09 Å². The normalized spacial score (nSPS) is 15.0. The molecule has 20 heteroatoms. The fourth-order valence-corrected chi connectivity index (χ4v) is 6.31. The molecule has 20 nitrogen and oxygen atoms in total. The van der Waals surface area contributed by atoms with Gasteiger partial charge in [-0.05, 0) is 83.4 Å². The number of rotatable bonds is 18. The number of likely N-dealkylation sites (tertiary alicyclic amines) is 1. The van der Waals surface area contributed by atoms with Crippen molar-refractivity contribution in [2.24, 2.45) is 28.1 Å². The standard InChI is InChI=1S/C37H57N11O9/c1-6-21(2)29(44-36(56)57-37(3,4)5)34(55)43-25(14-15-27(49)47-17-8-7-9-18-47)33(54)42-20-28(50)48(26(30(38)51)11-10-16-41-35(39)40)22-12-13-23-24(19-22)32(53)46-45-31(23)52/h12-13,19,21,25-26,29H,6-11,14-18,20H2,1-5H3,(H2,38,51)(H,42,54)(H,43,55)(H,44,56)(H,45,52)(H,46,53)(H4,39,40,41)/t21-,25-,26-,29-/m0/s1. The molecule has 11 N–H and O–H groups in total. The third-order valence-electron chi connectivity index (χ3n) is 9.47. The zero-order valence-corrected chi connectivity index (χ0v) is 33.3. The SMILES string of the molecule is CC[C@H](C)[C@H](NC(=O)OC(C)(C)C)C(=O)N[C@@H](CCC(=O)N1CCCCC1)C(=O)NCC(=O)N(c1ccc2c(=O)[nH][nH]c(=O)c2c1)[C@@H](CCCN=C(N)N)C(N)=O. The second-order valence-electron chi connectivity index (χ2n) is 15.0. The van der Waals surface area contributed by atoms with E-state index in [-0.39, 0.29) is 60.6 Å². The van der Waals surface area contributed by atoms with Crippen molar-refractivity contribution >= 4 is 58.0 Å². The van der Waals surface area contributed by atoms with Crippen molar-refractivity contribution < 1.29 is 33.5 Å². The molecule has 0 aliphatic carbocycles. The molecule has 3 rings (SSSR count). The number of aromatic amines is 2. The minimum atomic E-state index is -1.34. The van der Waals surface area contributed by atoms with E-state index in [1.807, 2.05) is 6.92 Å². The van der Waals surface area contributed by atoms with Crippen LogP contribution in [0, 0.1) is 5.92 Å². The highest BCUT2D eigenvalue weighted by Gasteiger charge is 2.34. The maximum atomic E-state index is 14.1. The number of primary amides is 1. The molecule has 314 valence electrons. The summed E-state index contributed by atoms with van der Waals surface area (Å²) in [6.45, 7) is 9.10. The number of anilines is 1. The summed E-state index contributed by atoms with van der Waals surface area (Å²) < 4.78 is 5.36. The Bertz CT molecular complexity index is 1910. The fraction of sp³-hybridized carbons (Fsp3) is 0.595. The quantitative estimate of drug-likeness (QED) is 0.0554. The van der Waals surface area contributed by atoms with Crippen molar-refractivity contribution in [1.29, 1.82) is 0 Å². The van der Waals surface area contributed by atoms with Crippen LogP contribution in [0.25, 0.3) is 10.8 Å². The van der Waals surface area contributed by atoms with Crippen molar-refractivity contribution in [1.82, 2.24) is 31.0 Å². The second-order valence-corrected chi connectivity index (χ2v) is 15.0. The molecule has 0 saturated carbocycles. The molecule has 0 bridgehead atoms. The van der Waals surface area contributed by atoms with Gasteiger partial charge in [0.2, 0.25) is 29.5 Å². The van der Waals surface area contributed by atoms with Crippen molar-refractivity contribution in [3.63, 3.8) is 0 Å². The number of nitrogens with two attached hydrogens (primary N) is 3. The van der Waals surface area contributed by atoms with Gasteiger partial charge in [-0.1, -0.05) is 20.3 Å². The minimum Gasteiger partial charge on any atom is -0.444 e. The number of amides is 6. The third-order valence-corrected chi connectivity index (χ3v) is 9.47. The summed E-state index contributed by atoms with van der Waals surface area (Å²) >= 11 is 0. The number of guanidine groups is 1. The number of nitrogens with one attached hydrogen (secondary N) is 5. The molecule has 57 heavy (non-hydrogen) atoms. The van der Waals surface area contributed by atoms with Crippen LogP contribution < -0.4 is 49.2 Å². The first-order valence-electron chi connectivity index (χ1n) is 19.1. The Morgan fingerprint density at radius 1 is 0.930 bits per heavy atom. The molecule has 1 aromatic heterocycles. The molecule has 0 unspecified atom stereocenters. The number of fused-ring (bicyclic) bond motifs is 1. The number of hydrogen-bond donors (Lipinski definition) is 8. The predicted octanol–water partition coefficient (Wildman–Crippen LogP) is -0.210. The van der Waals surface area contributed by atoms with Crippen molar-refractivity contribution in [2.45, 2.75) is 110 Å². The highest BCUT2D eigenvalue weighted by atomic mass is 16.6. The summed E-state index contributed by atoms with van der Waals surface area (Å²) in [5.74, 6) is -4.08. The van der Waals surface area contributed by atoms with Gasteiger partial charge < -0.3 is 42.8 Å². The second kappa shape index (κ2) is 20.8. The summed E-state index contributed by atoms with van der Waals surface area (Å²) in [4.78, 5) is 112. The molecule has 2 aromatic rings. The van der Waals surface area contributed by atoms with Gasteiger partial charge in [-0.15, -0.1) is 0 Å². The van der Waals surface area contributed by atoms with E-state index in [1.54, 1.807) is 32.6 Å². The average Bonchev–Trinajstić information content (AvgIpc) is 3.15. The molecule has 1 saturated heterocycles. The Morgan fingerprint density at radius 2 is 1.58 bits per heavy atom. The van der Waals surface area contributed by atoms with E-state index in [0.717, 1.165) is 24.2 Å². The van der Waals surface area contributed by atoms with Crippen LogP contribution in [0.3, 0.4) is 0 Å². The van der Waals surface area contributed by atoms with Gasteiger partial charge in [0.15, 0.2) is 5.96 Å². The Morgan fingerprint density at radius 3 is 2.18 bits per heavy atom. The number of H-pyrrole nitrogens is 2. The van der Waals surface area contributed by atoms with E-state index in [1.165, 1.54) is 18.2 Å². The van der Waals surface area contributed by atoms with Crippen LogP contribution in [-0.4, -0.2) is 107 Å². The summed E-state index contributed by atoms with van der Waals surface area (Å²) in [6.07, 6.45) is 2.26. The monoisotopic (exact) mass is 799 g/mol. The lowest BCUT2D eigenvalue weighted by Crippen LogP contribution is -2.57. The number of benzene rings is 1. The number of carbonyl (C=O) groups excluding carboxylic acids is 6. The molecular formula is C37H57N11O9. The molecule has 1 aliphatic heterocycles. The smallest absolute Gasteiger partial charge is 0.408 e. The minimum absolute atomic E-state index is 0.0149.